The van der Waals surface area contributed by atoms with E-state index in [-0.39, 0.29) is 11.6 Å². The summed E-state index contributed by atoms with van der Waals surface area (Å²) in [6.45, 7) is 4.95. The predicted molar refractivity (Wildman–Crippen MR) is 111 cm³/mol. The molecule has 0 saturated heterocycles. The lowest BCUT2D eigenvalue weighted by molar-refractivity contribution is 0.102. The van der Waals surface area contributed by atoms with Gasteiger partial charge < -0.3 is 20.1 Å². The van der Waals surface area contributed by atoms with Crippen molar-refractivity contribution in [2.45, 2.75) is 20.3 Å². The minimum absolute atomic E-state index is 0.278. The van der Waals surface area contributed by atoms with E-state index in [2.05, 4.69) is 27.5 Å². The maximum absolute atomic E-state index is 12.7. The molecule has 2 heterocycles. The Bertz CT molecular complexity index is 1030. The lowest BCUT2D eigenvalue weighted by Gasteiger charge is -2.19. The molecule has 0 aliphatic carbocycles. The normalized spacial score (nSPS) is 12.3. The second-order valence-electron chi connectivity index (χ2n) is 6.71. The highest BCUT2D eigenvalue weighted by molar-refractivity contribution is 6.03. The Morgan fingerprint density at radius 1 is 0.966 bits per heavy atom. The van der Waals surface area contributed by atoms with E-state index in [0.717, 1.165) is 12.1 Å². The first-order valence-electron chi connectivity index (χ1n) is 9.53. The summed E-state index contributed by atoms with van der Waals surface area (Å²) >= 11 is 0. The van der Waals surface area contributed by atoms with Gasteiger partial charge in [-0.3, -0.25) is 4.79 Å². The number of anilines is 3. The van der Waals surface area contributed by atoms with E-state index >= 15 is 0 Å². The molecule has 0 bridgehead atoms. The first-order chi connectivity index (χ1) is 14.1. The van der Waals surface area contributed by atoms with Gasteiger partial charge in [0.15, 0.2) is 11.5 Å². The molecule has 7 heteroatoms. The lowest BCUT2D eigenvalue weighted by Crippen LogP contribution is -2.17. The van der Waals surface area contributed by atoms with Crippen LogP contribution in [-0.4, -0.2) is 29.1 Å². The van der Waals surface area contributed by atoms with Crippen molar-refractivity contribution in [1.82, 2.24) is 9.97 Å². The van der Waals surface area contributed by atoms with Crippen LogP contribution in [0.1, 0.15) is 28.7 Å². The minimum Gasteiger partial charge on any atom is -0.486 e. The molecule has 0 radical (unpaired) electrons. The van der Waals surface area contributed by atoms with Crippen LogP contribution in [0.2, 0.25) is 0 Å². The summed E-state index contributed by atoms with van der Waals surface area (Å²) in [5.41, 5.74) is 3.70. The highest BCUT2D eigenvalue weighted by Gasteiger charge is 2.15. The van der Waals surface area contributed by atoms with E-state index < -0.39 is 0 Å². The molecular formula is C22H22N4O3. The first kappa shape index (κ1) is 18.7. The van der Waals surface area contributed by atoms with Crippen LogP contribution in [-0.2, 0) is 6.42 Å². The van der Waals surface area contributed by atoms with Gasteiger partial charge in [-0.05, 0) is 49.2 Å². The Hall–Kier alpha value is -3.61. The number of hydrogen-bond donors (Lipinski definition) is 2. The van der Waals surface area contributed by atoms with Gasteiger partial charge in [0, 0.05) is 23.1 Å². The predicted octanol–water partition coefficient (Wildman–Crippen LogP) is 4.11. The van der Waals surface area contributed by atoms with Gasteiger partial charge in [-0.1, -0.05) is 19.1 Å². The quantitative estimate of drug-likeness (QED) is 0.682. The van der Waals surface area contributed by atoms with Gasteiger partial charge >= 0.3 is 0 Å². The number of fused-ring (bicyclic) bond motifs is 1. The van der Waals surface area contributed by atoms with Gasteiger partial charge in [0.1, 0.15) is 18.9 Å². The number of amides is 1. The molecule has 148 valence electrons. The Kier molecular flexibility index (Phi) is 5.29. The third kappa shape index (κ3) is 4.45. The van der Waals surface area contributed by atoms with E-state index in [4.69, 9.17) is 9.47 Å². The van der Waals surface area contributed by atoms with Crippen molar-refractivity contribution < 1.29 is 14.3 Å². The van der Waals surface area contributed by atoms with Crippen LogP contribution in [0.3, 0.4) is 0 Å². The number of ether oxygens (including phenoxy) is 2. The first-order valence-corrected chi connectivity index (χ1v) is 9.53. The fraction of sp³-hybridized carbons (Fsp3) is 0.227. The molecule has 2 N–H and O–H groups in total. The fourth-order valence-corrected chi connectivity index (χ4v) is 3.01. The van der Waals surface area contributed by atoms with Crippen LogP contribution in [0.5, 0.6) is 11.5 Å². The number of benzene rings is 2. The van der Waals surface area contributed by atoms with Crippen molar-refractivity contribution >= 4 is 23.2 Å². The summed E-state index contributed by atoms with van der Waals surface area (Å²) in [5.74, 6) is 1.34. The van der Waals surface area contributed by atoms with Gasteiger partial charge in [-0.2, -0.15) is 0 Å². The standard InChI is InChI=1S/C22H22N4O3/c1-3-15-4-6-16(7-5-15)25-22-23-14(2)12-18(26-22)21(27)24-17-8-9-19-20(13-17)29-11-10-28-19/h4-9,12-13H,3,10-11H2,1-2H3,(H,24,27)(H,23,25,26). The molecule has 0 atom stereocenters. The van der Waals surface area contributed by atoms with Gasteiger partial charge in [0.25, 0.3) is 5.91 Å². The second-order valence-corrected chi connectivity index (χ2v) is 6.71. The van der Waals surface area contributed by atoms with Crippen LogP contribution < -0.4 is 20.1 Å². The van der Waals surface area contributed by atoms with Gasteiger partial charge in [0.2, 0.25) is 5.95 Å². The molecule has 7 nitrogen and oxygen atoms in total. The summed E-state index contributed by atoms with van der Waals surface area (Å²) in [6.07, 6.45) is 0.978. The van der Waals surface area contributed by atoms with Gasteiger partial charge in [0.05, 0.1) is 0 Å². The highest BCUT2D eigenvalue weighted by Crippen LogP contribution is 2.32. The third-order valence-corrected chi connectivity index (χ3v) is 4.51. The van der Waals surface area contributed by atoms with Crippen LogP contribution in [0, 0.1) is 6.92 Å². The molecular weight excluding hydrogens is 368 g/mol. The SMILES string of the molecule is CCc1ccc(Nc2nc(C)cc(C(=O)Nc3ccc4c(c3)OCCO4)n2)cc1. The summed E-state index contributed by atoms with van der Waals surface area (Å²) in [6, 6.07) is 15.0. The average molecular weight is 390 g/mol. The molecule has 0 saturated carbocycles. The number of nitrogens with one attached hydrogen (secondary N) is 2. The van der Waals surface area contributed by atoms with Crippen LogP contribution in [0.25, 0.3) is 0 Å². The van der Waals surface area contributed by atoms with Crippen molar-refractivity contribution in [3.05, 3.63) is 65.5 Å². The summed E-state index contributed by atoms with van der Waals surface area (Å²) in [4.78, 5) is 21.5. The van der Waals surface area contributed by atoms with Crippen molar-refractivity contribution in [2.24, 2.45) is 0 Å². The van der Waals surface area contributed by atoms with Crippen molar-refractivity contribution in [3.63, 3.8) is 0 Å². The third-order valence-electron chi connectivity index (χ3n) is 4.51. The monoisotopic (exact) mass is 390 g/mol. The molecule has 29 heavy (non-hydrogen) atoms. The maximum Gasteiger partial charge on any atom is 0.274 e. The van der Waals surface area contributed by atoms with E-state index in [0.29, 0.717) is 42.0 Å². The molecule has 3 aromatic rings. The number of rotatable bonds is 5. The molecule has 2 aromatic carbocycles. The number of aryl methyl sites for hydroxylation is 2. The molecule has 1 aromatic heterocycles. The zero-order chi connectivity index (χ0) is 20.2. The average Bonchev–Trinajstić information content (AvgIpc) is 2.74. The zero-order valence-corrected chi connectivity index (χ0v) is 16.4. The number of nitrogens with zero attached hydrogens (tertiary/aromatic N) is 2. The molecule has 0 spiro atoms. The highest BCUT2D eigenvalue weighted by atomic mass is 16.6. The van der Waals surface area contributed by atoms with E-state index in [1.165, 1.54) is 5.56 Å². The minimum atomic E-state index is -0.323. The Balaban J connectivity index is 1.51. The Labute approximate surface area is 169 Å². The number of aromatic nitrogens is 2. The fourth-order valence-electron chi connectivity index (χ4n) is 3.01. The zero-order valence-electron chi connectivity index (χ0n) is 16.4. The lowest BCUT2D eigenvalue weighted by atomic mass is 10.1. The summed E-state index contributed by atoms with van der Waals surface area (Å²) in [5, 5.41) is 6.01. The van der Waals surface area contributed by atoms with Crippen molar-refractivity contribution in [3.8, 4) is 11.5 Å². The van der Waals surface area contributed by atoms with E-state index in [1.54, 1.807) is 24.3 Å². The van der Waals surface area contributed by atoms with Gasteiger partial charge in [-0.25, -0.2) is 9.97 Å². The van der Waals surface area contributed by atoms with Crippen LogP contribution in [0.15, 0.2) is 48.5 Å². The number of carbonyl (C=O) groups is 1. The van der Waals surface area contributed by atoms with E-state index in [1.807, 2.05) is 31.2 Å². The second kappa shape index (κ2) is 8.18. The van der Waals surface area contributed by atoms with Crippen LogP contribution in [0.4, 0.5) is 17.3 Å². The van der Waals surface area contributed by atoms with Crippen LogP contribution >= 0.6 is 0 Å². The number of carbonyl (C=O) groups excluding carboxylic acids is 1. The maximum atomic E-state index is 12.7. The molecule has 1 aliphatic heterocycles. The summed E-state index contributed by atoms with van der Waals surface area (Å²) < 4.78 is 11.1. The smallest absolute Gasteiger partial charge is 0.274 e. The van der Waals surface area contributed by atoms with Crippen molar-refractivity contribution in [1.29, 1.82) is 0 Å². The van der Waals surface area contributed by atoms with Gasteiger partial charge in [-0.15, -0.1) is 0 Å². The summed E-state index contributed by atoms with van der Waals surface area (Å²) in [7, 11) is 0. The Morgan fingerprint density at radius 3 is 2.45 bits per heavy atom. The number of hydrogen-bond acceptors (Lipinski definition) is 6. The molecule has 0 unspecified atom stereocenters. The largest absolute Gasteiger partial charge is 0.486 e. The molecule has 0 fully saturated rings. The molecule has 4 rings (SSSR count). The Morgan fingerprint density at radius 2 is 1.69 bits per heavy atom. The van der Waals surface area contributed by atoms with E-state index in [9.17, 15) is 4.79 Å². The molecule has 1 amide bonds. The topological polar surface area (TPSA) is 85.4 Å². The van der Waals surface area contributed by atoms with Crippen molar-refractivity contribution in [2.75, 3.05) is 23.8 Å². The molecule has 1 aliphatic rings.